The van der Waals surface area contributed by atoms with Crippen molar-refractivity contribution >= 4 is 23.5 Å². The van der Waals surface area contributed by atoms with E-state index < -0.39 is 0 Å². The molecule has 25 heavy (non-hydrogen) atoms. The summed E-state index contributed by atoms with van der Waals surface area (Å²) in [6.45, 7) is 1.90. The number of hydrogen-bond donors (Lipinski definition) is 0. The molecule has 0 saturated carbocycles. The van der Waals surface area contributed by atoms with Crippen molar-refractivity contribution in [2.24, 2.45) is 0 Å². The molecule has 1 saturated heterocycles. The summed E-state index contributed by atoms with van der Waals surface area (Å²) in [6, 6.07) is 9.23. The van der Waals surface area contributed by atoms with Crippen LogP contribution < -0.4 is 19.1 Å². The van der Waals surface area contributed by atoms with Crippen LogP contribution in [0.3, 0.4) is 0 Å². The summed E-state index contributed by atoms with van der Waals surface area (Å²) < 4.78 is 16.4. The average molecular weight is 360 g/mol. The van der Waals surface area contributed by atoms with Crippen molar-refractivity contribution in [1.82, 2.24) is 4.98 Å². The third-order valence-corrected chi connectivity index (χ3v) is 5.16. The number of carbonyl (C=O) groups is 1. The first-order valence-electron chi connectivity index (χ1n) is 7.76. The highest BCUT2D eigenvalue weighted by molar-refractivity contribution is 8.00. The van der Waals surface area contributed by atoms with Crippen LogP contribution in [-0.4, -0.2) is 38.0 Å². The van der Waals surface area contributed by atoms with Gasteiger partial charge in [-0.2, -0.15) is 0 Å². The van der Waals surface area contributed by atoms with Crippen LogP contribution in [-0.2, 0) is 4.79 Å². The minimum atomic E-state index is -0.280. The fraction of sp³-hybridized carbons (Fsp3) is 0.333. The van der Waals surface area contributed by atoms with E-state index in [2.05, 4.69) is 4.98 Å². The van der Waals surface area contributed by atoms with Gasteiger partial charge in [-0.1, -0.05) is 6.07 Å². The molecule has 0 radical (unpaired) electrons. The molecule has 1 aromatic heterocycles. The van der Waals surface area contributed by atoms with E-state index in [1.54, 1.807) is 38.4 Å². The molecule has 0 N–H and O–H groups in total. The average Bonchev–Trinajstić information content (AvgIpc) is 3.01. The smallest absolute Gasteiger partial charge is 0.239 e. The highest BCUT2D eigenvalue weighted by Crippen LogP contribution is 2.49. The van der Waals surface area contributed by atoms with Crippen LogP contribution in [0.2, 0.25) is 0 Å². The largest absolute Gasteiger partial charge is 0.496 e. The lowest BCUT2D eigenvalue weighted by molar-refractivity contribution is -0.115. The van der Waals surface area contributed by atoms with Crippen molar-refractivity contribution in [3.63, 3.8) is 0 Å². The van der Waals surface area contributed by atoms with Gasteiger partial charge >= 0.3 is 0 Å². The molecule has 0 bridgehead atoms. The van der Waals surface area contributed by atoms with Crippen LogP contribution in [0.4, 0.5) is 5.82 Å². The molecule has 1 unspecified atom stereocenters. The van der Waals surface area contributed by atoms with E-state index in [1.807, 2.05) is 25.1 Å². The Morgan fingerprint density at radius 1 is 1.12 bits per heavy atom. The van der Waals surface area contributed by atoms with Crippen molar-refractivity contribution in [2.45, 2.75) is 12.3 Å². The summed E-state index contributed by atoms with van der Waals surface area (Å²) in [5, 5.41) is -0.280. The van der Waals surface area contributed by atoms with Gasteiger partial charge in [0.2, 0.25) is 5.91 Å². The molecule has 0 aliphatic carbocycles. The van der Waals surface area contributed by atoms with Crippen molar-refractivity contribution in [3.05, 3.63) is 41.6 Å². The number of carbonyl (C=O) groups excluding carboxylic acids is 1. The van der Waals surface area contributed by atoms with Gasteiger partial charge in [-0.15, -0.1) is 11.8 Å². The Hall–Kier alpha value is -2.41. The number of pyridine rings is 1. The molecule has 3 rings (SSSR count). The molecule has 0 spiro atoms. The number of hydrogen-bond acceptors (Lipinski definition) is 6. The van der Waals surface area contributed by atoms with Gasteiger partial charge < -0.3 is 14.2 Å². The molecule has 1 amide bonds. The zero-order valence-corrected chi connectivity index (χ0v) is 15.4. The van der Waals surface area contributed by atoms with E-state index in [1.165, 1.54) is 11.8 Å². The highest BCUT2D eigenvalue weighted by Gasteiger charge is 2.38. The second-order valence-electron chi connectivity index (χ2n) is 5.51. The predicted octanol–water partition coefficient (Wildman–Crippen LogP) is 3.19. The highest BCUT2D eigenvalue weighted by atomic mass is 32.2. The van der Waals surface area contributed by atoms with Gasteiger partial charge in [-0.05, 0) is 19.1 Å². The lowest BCUT2D eigenvalue weighted by Gasteiger charge is -2.26. The van der Waals surface area contributed by atoms with E-state index in [0.29, 0.717) is 28.8 Å². The van der Waals surface area contributed by atoms with Crippen LogP contribution in [0, 0.1) is 6.92 Å². The molecule has 1 atom stereocenters. The Balaban J connectivity index is 2.12. The van der Waals surface area contributed by atoms with Gasteiger partial charge in [0.1, 0.15) is 28.4 Å². The maximum absolute atomic E-state index is 12.6. The van der Waals surface area contributed by atoms with Gasteiger partial charge in [0, 0.05) is 17.8 Å². The lowest BCUT2D eigenvalue weighted by Crippen LogP contribution is -2.29. The van der Waals surface area contributed by atoms with Crippen LogP contribution in [0.25, 0.3) is 0 Å². The topological polar surface area (TPSA) is 60.9 Å². The van der Waals surface area contributed by atoms with Crippen molar-refractivity contribution in [1.29, 1.82) is 0 Å². The van der Waals surface area contributed by atoms with Gasteiger partial charge in [-0.25, -0.2) is 4.98 Å². The van der Waals surface area contributed by atoms with Gasteiger partial charge in [0.25, 0.3) is 0 Å². The van der Waals surface area contributed by atoms with Crippen LogP contribution >= 0.6 is 11.8 Å². The van der Waals surface area contributed by atoms with E-state index >= 15 is 0 Å². The summed E-state index contributed by atoms with van der Waals surface area (Å²) in [5.41, 5.74) is 1.65. The van der Waals surface area contributed by atoms with Crippen molar-refractivity contribution < 1.29 is 19.0 Å². The molecule has 2 aromatic rings. The first kappa shape index (κ1) is 17.4. The minimum Gasteiger partial charge on any atom is -0.496 e. The fourth-order valence-electron chi connectivity index (χ4n) is 2.82. The quantitative estimate of drug-likeness (QED) is 0.816. The summed E-state index contributed by atoms with van der Waals surface area (Å²) in [5.74, 6) is 2.86. The normalized spacial score (nSPS) is 16.9. The van der Waals surface area contributed by atoms with E-state index in [-0.39, 0.29) is 11.3 Å². The summed E-state index contributed by atoms with van der Waals surface area (Å²) in [4.78, 5) is 18.8. The lowest BCUT2D eigenvalue weighted by atomic mass is 10.1. The predicted molar refractivity (Wildman–Crippen MR) is 97.8 cm³/mol. The van der Waals surface area contributed by atoms with Crippen molar-refractivity contribution in [2.75, 3.05) is 32.0 Å². The number of aryl methyl sites for hydroxylation is 1. The number of methoxy groups -OCH3 is 3. The van der Waals surface area contributed by atoms with Crippen LogP contribution in [0.5, 0.6) is 17.2 Å². The second kappa shape index (κ2) is 7.23. The molecule has 1 aliphatic rings. The second-order valence-corrected chi connectivity index (χ2v) is 6.58. The summed E-state index contributed by atoms with van der Waals surface area (Å²) in [6.07, 6.45) is 0. The molecule has 1 aromatic carbocycles. The molecule has 2 heterocycles. The summed E-state index contributed by atoms with van der Waals surface area (Å²) in [7, 11) is 4.77. The van der Waals surface area contributed by atoms with E-state index in [0.717, 1.165) is 11.3 Å². The minimum absolute atomic E-state index is 0.00743. The Labute approximate surface area is 151 Å². The van der Waals surface area contributed by atoms with Crippen LogP contribution in [0.15, 0.2) is 30.3 Å². The zero-order valence-electron chi connectivity index (χ0n) is 14.6. The van der Waals surface area contributed by atoms with Gasteiger partial charge in [0.15, 0.2) is 0 Å². The molecular weight excluding hydrogens is 340 g/mol. The maximum Gasteiger partial charge on any atom is 0.239 e. The first-order chi connectivity index (χ1) is 12.1. The number of aromatic nitrogens is 1. The fourth-order valence-corrected chi connectivity index (χ4v) is 4.04. The molecule has 1 aliphatic heterocycles. The molecule has 6 nitrogen and oxygen atoms in total. The third-order valence-electron chi connectivity index (χ3n) is 3.99. The standard InChI is InChI=1S/C18H20N2O4S/c1-11-6-5-7-15(19-11)20-16(21)10-25-18(20)17-13(23-3)8-12(22-2)9-14(17)24-4/h5-9,18H,10H2,1-4H3. The number of anilines is 1. The Morgan fingerprint density at radius 2 is 1.80 bits per heavy atom. The Morgan fingerprint density at radius 3 is 2.36 bits per heavy atom. The number of ether oxygens (including phenoxy) is 3. The first-order valence-corrected chi connectivity index (χ1v) is 8.81. The van der Waals surface area contributed by atoms with Crippen molar-refractivity contribution in [3.8, 4) is 17.2 Å². The number of rotatable bonds is 5. The van der Waals surface area contributed by atoms with E-state index in [4.69, 9.17) is 14.2 Å². The number of amides is 1. The zero-order chi connectivity index (χ0) is 18.0. The molecule has 7 heteroatoms. The number of benzene rings is 1. The Kier molecular flexibility index (Phi) is 5.03. The number of thioether (sulfide) groups is 1. The van der Waals surface area contributed by atoms with Crippen LogP contribution in [0.1, 0.15) is 16.6 Å². The van der Waals surface area contributed by atoms with Gasteiger partial charge in [-0.3, -0.25) is 9.69 Å². The molecule has 1 fully saturated rings. The number of nitrogens with zero attached hydrogens (tertiary/aromatic N) is 2. The van der Waals surface area contributed by atoms with Gasteiger partial charge in [0.05, 0.1) is 32.6 Å². The third kappa shape index (κ3) is 3.24. The molecular formula is C18H20N2O4S. The molecule has 132 valence electrons. The Bertz CT molecular complexity index is 771. The SMILES string of the molecule is COc1cc(OC)c(C2SCC(=O)N2c2cccc(C)n2)c(OC)c1. The van der Waals surface area contributed by atoms with E-state index in [9.17, 15) is 4.79 Å². The monoisotopic (exact) mass is 360 g/mol. The maximum atomic E-state index is 12.6. The summed E-state index contributed by atoms with van der Waals surface area (Å²) >= 11 is 1.52.